The molecule has 24 heavy (non-hydrogen) atoms. The van der Waals surface area contributed by atoms with Crippen LogP contribution >= 0.6 is 0 Å². The van der Waals surface area contributed by atoms with Crippen molar-refractivity contribution in [2.45, 2.75) is 0 Å². The molecule has 2 N–H and O–H groups in total. The summed E-state index contributed by atoms with van der Waals surface area (Å²) < 4.78 is 7.90. The van der Waals surface area contributed by atoms with Crippen LogP contribution in [0.3, 0.4) is 0 Å². The van der Waals surface area contributed by atoms with Crippen molar-refractivity contribution in [2.24, 2.45) is 0 Å². The lowest BCUT2D eigenvalue weighted by Crippen LogP contribution is -2.33. The Balaban J connectivity index is 1.74. The minimum atomic E-state index is -0.463. The van der Waals surface area contributed by atoms with E-state index in [1.54, 1.807) is 23.0 Å². The molecule has 0 unspecified atom stereocenters. The van der Waals surface area contributed by atoms with Gasteiger partial charge in [-0.25, -0.2) is 14.3 Å². The van der Waals surface area contributed by atoms with Crippen molar-refractivity contribution >= 4 is 16.9 Å². The second kappa shape index (κ2) is 5.51. The van der Waals surface area contributed by atoms with E-state index >= 15 is 0 Å². The topological polar surface area (TPSA) is 102 Å². The first kappa shape index (κ1) is 13.9. The minimum absolute atomic E-state index is 0.0714. The molecule has 0 saturated heterocycles. The third-order valence-electron chi connectivity index (χ3n) is 3.50. The Morgan fingerprint density at radius 3 is 2.75 bits per heavy atom. The molecule has 4 aromatic rings. The molecule has 1 aromatic carbocycles. The second-order valence-electron chi connectivity index (χ2n) is 5.01. The van der Waals surface area contributed by atoms with Crippen LogP contribution in [0.15, 0.2) is 65.7 Å². The molecule has 3 heterocycles. The zero-order valence-corrected chi connectivity index (χ0v) is 12.4. The summed E-state index contributed by atoms with van der Waals surface area (Å²) in [5.74, 6) is -0.308. The number of carbonyl (C=O) groups excluding carboxylic acids is 1. The molecule has 8 heteroatoms. The van der Waals surface area contributed by atoms with Gasteiger partial charge in [-0.2, -0.15) is 5.10 Å². The molecular weight excluding hydrogens is 308 g/mol. The monoisotopic (exact) mass is 320 g/mol. The lowest BCUT2D eigenvalue weighted by atomic mass is 10.3. The highest BCUT2D eigenvalue weighted by Crippen LogP contribution is 2.12. The van der Waals surface area contributed by atoms with Gasteiger partial charge in [-0.1, -0.05) is 18.2 Å². The van der Waals surface area contributed by atoms with Crippen LogP contribution in [0.2, 0.25) is 0 Å². The summed E-state index contributed by atoms with van der Waals surface area (Å²) in [5, 5.41) is 13.1. The van der Waals surface area contributed by atoms with Crippen LogP contribution in [-0.4, -0.2) is 25.3 Å². The number of hydrogen-bond acceptors (Lipinski definition) is 5. The highest BCUT2D eigenvalue weighted by Gasteiger charge is 2.12. The summed E-state index contributed by atoms with van der Waals surface area (Å²) in [4.78, 5) is 16.3. The maximum absolute atomic E-state index is 12.0. The van der Waals surface area contributed by atoms with E-state index in [9.17, 15) is 4.79 Å². The number of nitrogens with one attached hydrogen (secondary N) is 2. The Morgan fingerprint density at radius 1 is 1.17 bits per heavy atom. The lowest BCUT2D eigenvalue weighted by molar-refractivity contribution is 0.0980. The molecule has 0 radical (unpaired) electrons. The van der Waals surface area contributed by atoms with E-state index in [0.717, 1.165) is 5.69 Å². The summed E-state index contributed by atoms with van der Waals surface area (Å²) >= 11 is 0. The zero-order chi connectivity index (χ0) is 16.5. The summed E-state index contributed by atoms with van der Waals surface area (Å²) in [5.41, 5.74) is 4.00. The summed E-state index contributed by atoms with van der Waals surface area (Å²) in [6, 6.07) is 12.7. The Labute approximate surface area is 135 Å². The lowest BCUT2D eigenvalue weighted by Gasteiger charge is -2.08. The van der Waals surface area contributed by atoms with Gasteiger partial charge in [0.2, 0.25) is 0 Å². The van der Waals surface area contributed by atoms with Crippen LogP contribution in [0.4, 0.5) is 0 Å². The average molecular weight is 320 g/mol. The molecule has 0 aliphatic carbocycles. The Kier molecular flexibility index (Phi) is 3.20. The van der Waals surface area contributed by atoms with E-state index in [0.29, 0.717) is 11.0 Å². The van der Waals surface area contributed by atoms with Crippen LogP contribution in [0.25, 0.3) is 16.7 Å². The molecule has 0 spiro atoms. The molecule has 3 aromatic heterocycles. The first-order valence-corrected chi connectivity index (χ1v) is 7.14. The van der Waals surface area contributed by atoms with Gasteiger partial charge < -0.3 is 4.42 Å². The Morgan fingerprint density at radius 2 is 2.00 bits per heavy atom. The SMILES string of the molecule is N=c1c2cnn(-c3ccccc3)c2ncn1NC(=O)c1ccco1. The number of para-hydroxylation sites is 1. The molecule has 0 bridgehead atoms. The highest BCUT2D eigenvalue weighted by atomic mass is 16.3. The van der Waals surface area contributed by atoms with E-state index in [1.807, 2.05) is 30.3 Å². The van der Waals surface area contributed by atoms with Crippen molar-refractivity contribution in [1.29, 1.82) is 5.41 Å². The van der Waals surface area contributed by atoms with Gasteiger partial charge in [-0.05, 0) is 24.3 Å². The molecule has 0 aliphatic heterocycles. The van der Waals surface area contributed by atoms with Gasteiger partial charge in [0.1, 0.15) is 6.33 Å². The van der Waals surface area contributed by atoms with Crippen molar-refractivity contribution in [3.63, 3.8) is 0 Å². The Bertz CT molecular complexity index is 1060. The molecule has 1 amide bonds. The van der Waals surface area contributed by atoms with E-state index in [1.165, 1.54) is 17.3 Å². The van der Waals surface area contributed by atoms with E-state index < -0.39 is 5.91 Å². The van der Waals surface area contributed by atoms with Gasteiger partial charge >= 0.3 is 5.91 Å². The average Bonchev–Trinajstić information content (AvgIpc) is 3.28. The van der Waals surface area contributed by atoms with Gasteiger partial charge in [-0.15, -0.1) is 0 Å². The summed E-state index contributed by atoms with van der Waals surface area (Å²) in [6.07, 6.45) is 4.33. The third-order valence-corrected chi connectivity index (χ3v) is 3.50. The standard InChI is InChI=1S/C16H12N6O2/c17-14-12-9-19-22(11-5-2-1-3-6-11)15(12)18-10-21(14)20-16(23)13-7-4-8-24-13/h1-10,17H,(H,20,23). The van der Waals surface area contributed by atoms with Gasteiger partial charge in [-0.3, -0.25) is 15.6 Å². The fraction of sp³-hybridized carbons (Fsp3) is 0. The van der Waals surface area contributed by atoms with Crippen molar-refractivity contribution in [1.82, 2.24) is 19.4 Å². The number of furan rings is 1. The molecule has 8 nitrogen and oxygen atoms in total. The Hall–Kier alpha value is -3.68. The van der Waals surface area contributed by atoms with Gasteiger partial charge in [0.05, 0.1) is 23.5 Å². The number of fused-ring (bicyclic) bond motifs is 1. The quantitative estimate of drug-likeness (QED) is 0.599. The number of amides is 1. The number of aromatic nitrogens is 4. The largest absolute Gasteiger partial charge is 0.459 e. The van der Waals surface area contributed by atoms with Crippen molar-refractivity contribution in [3.05, 3.63) is 72.5 Å². The fourth-order valence-corrected chi connectivity index (χ4v) is 2.35. The van der Waals surface area contributed by atoms with E-state index in [-0.39, 0.29) is 11.2 Å². The third kappa shape index (κ3) is 2.26. The molecule has 118 valence electrons. The maximum Gasteiger partial charge on any atom is 0.305 e. The molecule has 0 fully saturated rings. The summed E-state index contributed by atoms with van der Waals surface area (Å²) in [7, 11) is 0. The van der Waals surface area contributed by atoms with Crippen molar-refractivity contribution < 1.29 is 9.21 Å². The fourth-order valence-electron chi connectivity index (χ4n) is 2.35. The molecule has 0 aliphatic rings. The van der Waals surface area contributed by atoms with E-state index in [2.05, 4.69) is 15.5 Å². The molecule has 0 saturated carbocycles. The maximum atomic E-state index is 12.0. The van der Waals surface area contributed by atoms with Gasteiger partial charge in [0.15, 0.2) is 16.9 Å². The minimum Gasteiger partial charge on any atom is -0.459 e. The summed E-state index contributed by atoms with van der Waals surface area (Å²) in [6.45, 7) is 0. The van der Waals surface area contributed by atoms with Gasteiger partial charge in [0.25, 0.3) is 0 Å². The highest BCUT2D eigenvalue weighted by molar-refractivity contribution is 5.97. The predicted octanol–water partition coefficient (Wildman–Crippen LogP) is 1.68. The van der Waals surface area contributed by atoms with Crippen molar-refractivity contribution in [3.8, 4) is 5.69 Å². The number of nitrogens with zero attached hydrogens (tertiary/aromatic N) is 4. The smallest absolute Gasteiger partial charge is 0.305 e. The molecule has 4 rings (SSSR count). The number of rotatable bonds is 3. The zero-order valence-electron chi connectivity index (χ0n) is 12.4. The number of carbonyl (C=O) groups is 1. The number of hydrogen-bond donors (Lipinski definition) is 2. The first-order valence-electron chi connectivity index (χ1n) is 7.14. The van der Waals surface area contributed by atoms with Crippen LogP contribution in [0, 0.1) is 5.41 Å². The first-order chi connectivity index (χ1) is 11.7. The number of benzene rings is 1. The second-order valence-corrected chi connectivity index (χ2v) is 5.01. The van der Waals surface area contributed by atoms with Crippen molar-refractivity contribution in [2.75, 3.05) is 5.43 Å². The van der Waals surface area contributed by atoms with Crippen LogP contribution in [0.5, 0.6) is 0 Å². The predicted molar refractivity (Wildman–Crippen MR) is 85.1 cm³/mol. The van der Waals surface area contributed by atoms with Crippen LogP contribution in [-0.2, 0) is 0 Å². The van der Waals surface area contributed by atoms with Crippen LogP contribution in [0.1, 0.15) is 10.6 Å². The normalized spacial score (nSPS) is 10.8. The van der Waals surface area contributed by atoms with Crippen LogP contribution < -0.4 is 10.9 Å². The van der Waals surface area contributed by atoms with Gasteiger partial charge in [0, 0.05) is 0 Å². The van der Waals surface area contributed by atoms with E-state index in [4.69, 9.17) is 9.83 Å². The molecular formula is C16H12N6O2. The molecule has 0 atom stereocenters.